The van der Waals surface area contributed by atoms with E-state index in [-0.39, 0.29) is 31.6 Å². The molecule has 2 aromatic heterocycles. The van der Waals surface area contributed by atoms with Gasteiger partial charge in [-0.15, -0.1) is 18.2 Å². The molecular formula is C35H26IrNO3-. The van der Waals surface area contributed by atoms with Gasteiger partial charge in [0.25, 0.3) is 0 Å². The number of carbonyl (C=O) groups excluding carboxylic acids is 1. The van der Waals surface area contributed by atoms with Crippen molar-refractivity contribution in [1.82, 2.24) is 4.98 Å². The molecule has 0 saturated heterocycles. The second kappa shape index (κ2) is 11.1. The number of aliphatic hydroxyl groups is 1. The van der Waals surface area contributed by atoms with Crippen molar-refractivity contribution in [3.8, 4) is 11.3 Å². The van der Waals surface area contributed by atoms with Crippen LogP contribution < -0.4 is 0 Å². The fourth-order valence-electron chi connectivity index (χ4n) is 4.89. The van der Waals surface area contributed by atoms with E-state index >= 15 is 0 Å². The predicted octanol–water partition coefficient (Wildman–Crippen LogP) is 9.33. The van der Waals surface area contributed by atoms with Crippen molar-refractivity contribution < 1.29 is 34.4 Å². The van der Waals surface area contributed by atoms with Crippen molar-refractivity contribution in [2.45, 2.75) is 20.8 Å². The summed E-state index contributed by atoms with van der Waals surface area (Å²) in [4.78, 5) is 15.2. The van der Waals surface area contributed by atoms with E-state index in [1.807, 2.05) is 30.3 Å². The van der Waals surface area contributed by atoms with Gasteiger partial charge in [0.15, 0.2) is 5.78 Å². The Morgan fingerprint density at radius 3 is 2.20 bits per heavy atom. The van der Waals surface area contributed by atoms with Crippen molar-refractivity contribution in [1.29, 1.82) is 0 Å². The summed E-state index contributed by atoms with van der Waals surface area (Å²) in [6, 6.07) is 37.0. The number of pyridine rings is 1. The van der Waals surface area contributed by atoms with Crippen LogP contribution in [0.1, 0.15) is 20.8 Å². The topological polar surface area (TPSA) is 63.3 Å². The predicted molar refractivity (Wildman–Crippen MR) is 160 cm³/mol. The Hall–Kier alpha value is -4.31. The molecule has 1 N–H and O–H groups in total. The molecule has 0 spiro atoms. The van der Waals surface area contributed by atoms with Crippen LogP contribution in [0.15, 0.2) is 113 Å². The van der Waals surface area contributed by atoms with E-state index in [4.69, 9.17) is 14.5 Å². The van der Waals surface area contributed by atoms with Gasteiger partial charge >= 0.3 is 0 Å². The van der Waals surface area contributed by atoms with Gasteiger partial charge in [0.2, 0.25) is 0 Å². The minimum Gasteiger partial charge on any atom is -0.512 e. The quantitative estimate of drug-likeness (QED) is 0.0846. The molecular weight excluding hydrogens is 675 g/mol. The van der Waals surface area contributed by atoms with Crippen LogP contribution in [-0.4, -0.2) is 15.9 Å². The van der Waals surface area contributed by atoms with Crippen LogP contribution in [0.4, 0.5) is 0 Å². The third-order valence-corrected chi connectivity index (χ3v) is 7.22. The number of Topliss-reactive ketones (excluding diaryl/α,β-unsaturated/α-hetero) is 1. The summed E-state index contributed by atoms with van der Waals surface area (Å²) < 4.78 is 6.40. The number of allylic oxidation sites excluding steroid dienone is 2. The van der Waals surface area contributed by atoms with E-state index in [2.05, 4.69) is 72.8 Å². The summed E-state index contributed by atoms with van der Waals surface area (Å²) in [6.07, 6.45) is 0. The van der Waals surface area contributed by atoms with Crippen molar-refractivity contribution in [2.24, 2.45) is 0 Å². The Bertz CT molecular complexity index is 2080. The molecule has 0 amide bonds. The van der Waals surface area contributed by atoms with Gasteiger partial charge in [-0.1, -0.05) is 77.7 Å². The number of hydrogen-bond acceptors (Lipinski definition) is 4. The van der Waals surface area contributed by atoms with Gasteiger partial charge in [0, 0.05) is 31.1 Å². The van der Waals surface area contributed by atoms with Gasteiger partial charge in [0.1, 0.15) is 5.58 Å². The minimum absolute atomic E-state index is 0. The number of ketones is 1. The molecule has 5 heteroatoms. The molecule has 0 aliphatic heterocycles. The van der Waals surface area contributed by atoms with Crippen molar-refractivity contribution >= 4 is 60.2 Å². The molecule has 0 bridgehead atoms. The third kappa shape index (κ3) is 4.90. The summed E-state index contributed by atoms with van der Waals surface area (Å²) in [5.74, 6) is 0.0301. The zero-order chi connectivity index (χ0) is 27.1. The zero-order valence-corrected chi connectivity index (χ0v) is 24.7. The van der Waals surface area contributed by atoms with Crippen LogP contribution in [0.5, 0.6) is 0 Å². The van der Waals surface area contributed by atoms with Crippen LogP contribution in [0.3, 0.4) is 0 Å². The normalized spacial score (nSPS) is 11.8. The number of aliphatic hydroxyl groups excluding tert-OH is 1. The van der Waals surface area contributed by atoms with Crippen LogP contribution in [-0.2, 0) is 24.9 Å². The van der Waals surface area contributed by atoms with E-state index in [0.717, 1.165) is 44.1 Å². The Morgan fingerprint density at radius 1 is 0.750 bits per heavy atom. The van der Waals surface area contributed by atoms with Crippen LogP contribution in [0, 0.1) is 6.07 Å². The third-order valence-electron chi connectivity index (χ3n) is 7.22. The Labute approximate surface area is 245 Å². The number of fused-ring (bicyclic) bond motifs is 7. The fraction of sp³-hybridized carbons (Fsp3) is 0.0857. The van der Waals surface area contributed by atoms with E-state index < -0.39 is 0 Å². The number of rotatable bonds is 2. The molecule has 0 aliphatic rings. The summed E-state index contributed by atoms with van der Waals surface area (Å²) in [6.45, 7) is 4.52. The minimum atomic E-state index is -0.0787. The molecule has 199 valence electrons. The van der Waals surface area contributed by atoms with E-state index in [1.165, 1.54) is 35.4 Å². The van der Waals surface area contributed by atoms with Gasteiger partial charge in [-0.25, -0.2) is 0 Å². The van der Waals surface area contributed by atoms with Crippen LogP contribution >= 0.6 is 0 Å². The van der Waals surface area contributed by atoms with Gasteiger partial charge in [-0.05, 0) is 71.6 Å². The molecule has 0 aliphatic carbocycles. The molecule has 4 nitrogen and oxygen atoms in total. The molecule has 5 aromatic carbocycles. The zero-order valence-electron chi connectivity index (χ0n) is 22.3. The van der Waals surface area contributed by atoms with Crippen molar-refractivity contribution in [2.75, 3.05) is 0 Å². The van der Waals surface area contributed by atoms with E-state index in [9.17, 15) is 4.79 Å². The smallest absolute Gasteiger partial charge is 0.158 e. The van der Waals surface area contributed by atoms with Gasteiger partial charge in [-0.3, -0.25) is 9.78 Å². The maximum atomic E-state index is 10.4. The molecule has 40 heavy (non-hydrogen) atoms. The van der Waals surface area contributed by atoms with Crippen LogP contribution in [0.2, 0.25) is 0 Å². The van der Waals surface area contributed by atoms with Gasteiger partial charge < -0.3 is 9.52 Å². The monoisotopic (exact) mass is 701 g/mol. The molecule has 1 radical (unpaired) electrons. The number of furan rings is 1. The number of benzene rings is 5. The molecule has 7 rings (SSSR count). The van der Waals surface area contributed by atoms with Crippen molar-refractivity contribution in [3.63, 3.8) is 0 Å². The Kier molecular flexibility index (Phi) is 7.53. The summed E-state index contributed by atoms with van der Waals surface area (Å²) in [7, 11) is 0. The largest absolute Gasteiger partial charge is 0.512 e. The maximum Gasteiger partial charge on any atom is 0.158 e. The molecule has 0 atom stereocenters. The second-order valence-electron chi connectivity index (χ2n) is 9.71. The molecule has 0 saturated carbocycles. The summed E-state index contributed by atoms with van der Waals surface area (Å²) >= 11 is 0. The molecule has 7 aromatic rings. The SMILES string of the molecule is CC(=O)/C(C)=C(/C)O.[Ir].[c-]1ccc2c(oc3cc4ccc5ccccc5c4cc32)c1-c1ccc2ccccc2n1. The molecule has 2 heterocycles. The molecule has 0 fully saturated rings. The summed E-state index contributed by atoms with van der Waals surface area (Å²) in [5, 5.41) is 16.9. The standard InChI is InChI=1S/C29H16NO.C6H10O2.Ir/c1-3-8-21-18(6-1)12-13-20-16-28-25(17-24(20)21)22-9-5-10-23(29(22)31-28)27-15-14-19-7-2-4-11-26(19)30-27;1-4(5(2)7)6(3)8;/h1-9,11-17H;7H,1-3H3;/q-1;;/b;5-4-;. The second-order valence-corrected chi connectivity index (χ2v) is 9.71. The first kappa shape index (κ1) is 27.3. The first-order valence-electron chi connectivity index (χ1n) is 12.8. The number of aromatic nitrogens is 1. The first-order valence-corrected chi connectivity index (χ1v) is 12.8. The number of carbonyl (C=O) groups is 1. The maximum absolute atomic E-state index is 10.4. The van der Waals surface area contributed by atoms with E-state index in [0.29, 0.717) is 5.57 Å². The average molecular weight is 701 g/mol. The van der Waals surface area contributed by atoms with Gasteiger partial charge in [0.05, 0.1) is 16.9 Å². The van der Waals surface area contributed by atoms with Crippen molar-refractivity contribution in [3.05, 3.63) is 114 Å². The number of para-hydroxylation sites is 1. The Morgan fingerprint density at radius 2 is 1.45 bits per heavy atom. The van der Waals surface area contributed by atoms with Crippen LogP contribution in [0.25, 0.3) is 65.6 Å². The summed E-state index contributed by atoms with van der Waals surface area (Å²) in [5.41, 5.74) is 4.90. The Balaban J connectivity index is 0.000000318. The first-order chi connectivity index (χ1) is 18.9. The number of nitrogens with zero attached hydrogens (tertiary/aromatic N) is 1. The van der Waals surface area contributed by atoms with Gasteiger partial charge in [-0.2, -0.15) is 0 Å². The van der Waals surface area contributed by atoms with E-state index in [1.54, 1.807) is 6.92 Å². The average Bonchev–Trinajstić information content (AvgIpc) is 3.33. The number of hydrogen-bond donors (Lipinski definition) is 1. The molecule has 0 unspecified atom stereocenters. The fourth-order valence-corrected chi connectivity index (χ4v) is 4.89.